The number of benzene rings is 2. The summed E-state index contributed by atoms with van der Waals surface area (Å²) in [6.07, 6.45) is -3.31. The Kier molecular flexibility index (Phi) is 7.69. The van der Waals surface area contributed by atoms with Gasteiger partial charge in [0.05, 0.1) is 11.3 Å². The van der Waals surface area contributed by atoms with Gasteiger partial charge < -0.3 is 20.2 Å². The summed E-state index contributed by atoms with van der Waals surface area (Å²) in [7, 11) is 1.38. The van der Waals surface area contributed by atoms with Crippen molar-refractivity contribution < 1.29 is 41.1 Å². The monoisotopic (exact) mass is 496 g/mol. The number of anilines is 2. The van der Waals surface area contributed by atoms with Crippen LogP contribution < -0.4 is 20.2 Å². The lowest BCUT2D eigenvalue weighted by Gasteiger charge is -2.17. The van der Waals surface area contributed by atoms with Gasteiger partial charge in [0, 0.05) is 18.9 Å². The molecule has 0 aliphatic carbocycles. The van der Waals surface area contributed by atoms with Crippen LogP contribution >= 0.6 is 0 Å². The Labute approximate surface area is 195 Å². The maximum absolute atomic E-state index is 13.0. The average molecular weight is 496 g/mol. The van der Waals surface area contributed by atoms with Crippen molar-refractivity contribution in [1.29, 1.82) is 0 Å². The Morgan fingerprint density at radius 1 is 1.00 bits per heavy atom. The van der Waals surface area contributed by atoms with Gasteiger partial charge in [-0.1, -0.05) is 6.07 Å². The van der Waals surface area contributed by atoms with Crippen molar-refractivity contribution >= 4 is 23.3 Å². The molecule has 35 heavy (non-hydrogen) atoms. The first-order chi connectivity index (χ1) is 16.5. The van der Waals surface area contributed by atoms with Gasteiger partial charge in [-0.3, -0.25) is 9.78 Å². The summed E-state index contributed by atoms with van der Waals surface area (Å²) >= 11 is 0. The summed E-state index contributed by atoms with van der Waals surface area (Å²) in [6.45, 7) is -3.31. The second kappa shape index (κ2) is 10.7. The molecule has 0 aliphatic rings. The molecular formula is C22H17F5N4O4. The molecule has 184 valence electrons. The predicted molar refractivity (Wildman–Crippen MR) is 114 cm³/mol. The minimum absolute atomic E-state index is 0.162. The van der Waals surface area contributed by atoms with E-state index in [0.29, 0.717) is 18.2 Å². The van der Waals surface area contributed by atoms with Gasteiger partial charge in [-0.05, 0) is 54.6 Å². The number of alkyl halides is 5. The zero-order valence-electron chi connectivity index (χ0n) is 17.8. The van der Waals surface area contributed by atoms with E-state index in [1.54, 1.807) is 12.1 Å². The van der Waals surface area contributed by atoms with Crippen LogP contribution in [-0.2, 0) is 6.18 Å². The largest absolute Gasteiger partial charge is 0.433 e. The van der Waals surface area contributed by atoms with E-state index < -0.39 is 41.7 Å². The van der Waals surface area contributed by atoms with Crippen molar-refractivity contribution in [2.45, 2.75) is 12.8 Å². The summed E-state index contributed by atoms with van der Waals surface area (Å²) in [6, 6.07) is 11.1. The lowest BCUT2D eigenvalue weighted by atomic mass is 10.2. The van der Waals surface area contributed by atoms with Crippen LogP contribution in [0.25, 0.3) is 0 Å². The summed E-state index contributed by atoms with van der Waals surface area (Å²) in [4.78, 5) is 33.8. The highest BCUT2D eigenvalue weighted by atomic mass is 19.4. The minimum atomic E-state index is -4.77. The molecule has 2 N–H and O–H groups in total. The second-order valence-corrected chi connectivity index (χ2v) is 6.80. The summed E-state index contributed by atoms with van der Waals surface area (Å²) in [5.41, 5.74) is -1.42. The number of aromatic nitrogens is 1. The van der Waals surface area contributed by atoms with E-state index in [0.717, 1.165) is 5.06 Å². The number of carbonyl (C=O) groups excluding carboxylic acids is 2. The van der Waals surface area contributed by atoms with Gasteiger partial charge >= 0.3 is 24.7 Å². The lowest BCUT2D eigenvalue weighted by molar-refractivity contribution is -0.137. The zero-order chi connectivity index (χ0) is 25.6. The molecule has 0 unspecified atom stereocenters. The molecule has 0 fully saturated rings. The first-order valence-corrected chi connectivity index (χ1v) is 9.74. The molecule has 8 nitrogen and oxygen atoms in total. The molecule has 0 saturated carbocycles. The normalized spacial score (nSPS) is 11.1. The fraction of sp³-hybridized carbons (Fsp3) is 0.136. The van der Waals surface area contributed by atoms with Crippen LogP contribution in [0.3, 0.4) is 0 Å². The van der Waals surface area contributed by atoms with Gasteiger partial charge in [-0.25, -0.2) is 4.79 Å². The topological polar surface area (TPSA) is 92.8 Å². The summed E-state index contributed by atoms with van der Waals surface area (Å²) in [5.74, 6) is -0.921. The molecule has 2 aromatic carbocycles. The quantitative estimate of drug-likeness (QED) is 0.337. The highest BCUT2D eigenvalue weighted by Gasteiger charge is 2.31. The number of pyridine rings is 1. The van der Waals surface area contributed by atoms with Crippen molar-refractivity contribution in [2.24, 2.45) is 0 Å². The van der Waals surface area contributed by atoms with Crippen LogP contribution in [0.15, 0.2) is 66.9 Å². The molecule has 3 amide bonds. The van der Waals surface area contributed by atoms with Crippen LogP contribution in [0.1, 0.15) is 16.1 Å². The van der Waals surface area contributed by atoms with Crippen molar-refractivity contribution in [3.8, 4) is 11.5 Å². The maximum atomic E-state index is 13.0. The number of hydrogen-bond donors (Lipinski definition) is 2. The van der Waals surface area contributed by atoms with Gasteiger partial charge in [-0.15, -0.1) is 0 Å². The number of halogens is 5. The third-order valence-corrected chi connectivity index (χ3v) is 4.30. The zero-order valence-corrected chi connectivity index (χ0v) is 17.8. The molecule has 3 rings (SSSR count). The van der Waals surface area contributed by atoms with E-state index in [2.05, 4.69) is 20.4 Å². The molecule has 0 spiro atoms. The number of carbonyl (C=O) groups is 2. The minimum Gasteiger partial charge on any atom is -0.433 e. The van der Waals surface area contributed by atoms with Crippen LogP contribution in [-0.4, -0.2) is 35.6 Å². The third kappa shape index (κ3) is 7.03. The highest BCUT2D eigenvalue weighted by molar-refractivity contribution is 6.00. The Morgan fingerprint density at radius 2 is 1.71 bits per heavy atom. The first kappa shape index (κ1) is 25.2. The molecular weight excluding hydrogens is 479 g/mol. The fourth-order valence-corrected chi connectivity index (χ4v) is 2.74. The van der Waals surface area contributed by atoms with Crippen molar-refractivity contribution in [3.63, 3.8) is 0 Å². The van der Waals surface area contributed by atoms with E-state index in [1.807, 2.05) is 0 Å². The SMILES string of the molecule is CN(Oc1ccc(NC(=O)Nc2cc(C(F)(F)F)ccc2OC(F)F)cc1)C(=O)c1ccccn1. The molecule has 1 aromatic heterocycles. The predicted octanol–water partition coefficient (Wildman–Crippen LogP) is 5.41. The third-order valence-electron chi connectivity index (χ3n) is 4.30. The van der Waals surface area contributed by atoms with Gasteiger partial charge in [0.1, 0.15) is 11.4 Å². The molecule has 0 radical (unpaired) electrons. The van der Waals surface area contributed by atoms with E-state index in [9.17, 15) is 31.5 Å². The first-order valence-electron chi connectivity index (χ1n) is 9.74. The number of ether oxygens (including phenoxy) is 1. The number of urea groups is 1. The fourth-order valence-electron chi connectivity index (χ4n) is 2.74. The van der Waals surface area contributed by atoms with Crippen molar-refractivity contribution in [1.82, 2.24) is 10.0 Å². The van der Waals surface area contributed by atoms with Crippen LogP contribution in [0.5, 0.6) is 11.5 Å². The molecule has 13 heteroatoms. The summed E-state index contributed by atoms with van der Waals surface area (Å²) < 4.78 is 68.2. The van der Waals surface area contributed by atoms with Gasteiger partial charge in [0.2, 0.25) is 0 Å². The maximum Gasteiger partial charge on any atom is 0.416 e. The van der Waals surface area contributed by atoms with Crippen molar-refractivity contribution in [2.75, 3.05) is 17.7 Å². The lowest BCUT2D eigenvalue weighted by Crippen LogP contribution is -2.30. The number of hydroxylamine groups is 2. The smallest absolute Gasteiger partial charge is 0.416 e. The van der Waals surface area contributed by atoms with Crippen LogP contribution in [0.4, 0.5) is 38.1 Å². The van der Waals surface area contributed by atoms with E-state index in [1.165, 1.54) is 43.6 Å². The number of amides is 3. The Morgan fingerprint density at radius 3 is 2.31 bits per heavy atom. The van der Waals surface area contributed by atoms with E-state index >= 15 is 0 Å². The Hall–Kier alpha value is -4.42. The van der Waals surface area contributed by atoms with Crippen molar-refractivity contribution in [3.05, 3.63) is 78.1 Å². The Bertz CT molecular complexity index is 1170. The van der Waals surface area contributed by atoms with Gasteiger partial charge in [0.25, 0.3) is 0 Å². The van der Waals surface area contributed by atoms with E-state index in [4.69, 9.17) is 4.84 Å². The van der Waals surface area contributed by atoms with Crippen LogP contribution in [0.2, 0.25) is 0 Å². The van der Waals surface area contributed by atoms with Gasteiger partial charge in [0.15, 0.2) is 5.75 Å². The standard InChI is InChI=1S/C22H17F5N4O4/c1-31(19(32)16-4-2-3-11-28-16)35-15-8-6-14(7-9-15)29-21(33)30-17-12-13(22(25,26)27)5-10-18(17)34-20(23)24/h2-12,20H,1H3,(H2,29,30,33). The molecule has 3 aromatic rings. The number of hydrogen-bond acceptors (Lipinski definition) is 5. The average Bonchev–Trinajstić information content (AvgIpc) is 2.80. The molecule has 0 saturated heterocycles. The number of nitrogens with one attached hydrogen (secondary N) is 2. The summed E-state index contributed by atoms with van der Waals surface area (Å²) in [5, 5.41) is 5.35. The number of nitrogens with zero attached hydrogens (tertiary/aromatic N) is 2. The Balaban J connectivity index is 1.65. The van der Waals surface area contributed by atoms with Crippen LogP contribution in [0, 0.1) is 0 Å². The van der Waals surface area contributed by atoms with Gasteiger partial charge in [-0.2, -0.15) is 27.0 Å². The molecule has 1 heterocycles. The number of rotatable bonds is 7. The molecule has 0 bridgehead atoms. The molecule has 0 aliphatic heterocycles. The van der Waals surface area contributed by atoms with E-state index in [-0.39, 0.29) is 17.1 Å². The molecule has 0 atom stereocenters. The second-order valence-electron chi connectivity index (χ2n) is 6.80. The highest BCUT2D eigenvalue weighted by Crippen LogP contribution is 2.35.